The van der Waals surface area contributed by atoms with Crippen molar-refractivity contribution in [1.82, 2.24) is 20.0 Å². The van der Waals surface area contributed by atoms with Gasteiger partial charge in [-0.15, -0.1) is 0 Å². The summed E-state index contributed by atoms with van der Waals surface area (Å²) in [5, 5.41) is 7.81. The fraction of sp³-hybridized carbons (Fsp3) is 0.500. The minimum atomic E-state index is -0.0959. The SMILES string of the molecule is CCNC(=NCCc1cnn(-c2ccccc2)c1)N1CCCC(C(=O)OCC)C1. The van der Waals surface area contributed by atoms with E-state index in [1.165, 1.54) is 0 Å². The molecule has 0 amide bonds. The lowest BCUT2D eigenvalue weighted by Crippen LogP contribution is -2.48. The number of rotatable bonds is 7. The highest BCUT2D eigenvalue weighted by atomic mass is 16.5. The lowest BCUT2D eigenvalue weighted by atomic mass is 9.98. The third-order valence-electron chi connectivity index (χ3n) is 4.99. The van der Waals surface area contributed by atoms with Crippen LogP contribution in [0.2, 0.25) is 0 Å². The van der Waals surface area contributed by atoms with Gasteiger partial charge in [0.05, 0.1) is 24.4 Å². The third-order valence-corrected chi connectivity index (χ3v) is 4.99. The van der Waals surface area contributed by atoms with E-state index in [9.17, 15) is 4.79 Å². The number of carbonyl (C=O) groups excluding carboxylic acids is 1. The van der Waals surface area contributed by atoms with Gasteiger partial charge in [-0.2, -0.15) is 5.10 Å². The first-order valence-corrected chi connectivity index (χ1v) is 10.5. The Bertz CT molecular complexity index is 803. The Morgan fingerprint density at radius 3 is 2.90 bits per heavy atom. The van der Waals surface area contributed by atoms with Crippen molar-refractivity contribution in [1.29, 1.82) is 0 Å². The maximum Gasteiger partial charge on any atom is 0.310 e. The highest BCUT2D eigenvalue weighted by molar-refractivity contribution is 5.81. The molecule has 0 radical (unpaired) electrons. The number of guanidine groups is 1. The summed E-state index contributed by atoms with van der Waals surface area (Å²) < 4.78 is 7.10. The molecule has 1 N–H and O–H groups in total. The molecule has 156 valence electrons. The van der Waals surface area contributed by atoms with Gasteiger partial charge in [0.15, 0.2) is 5.96 Å². The van der Waals surface area contributed by atoms with Crippen LogP contribution in [0.4, 0.5) is 0 Å². The van der Waals surface area contributed by atoms with Crippen molar-refractivity contribution in [3.8, 4) is 5.69 Å². The van der Waals surface area contributed by atoms with Crippen molar-refractivity contribution >= 4 is 11.9 Å². The zero-order valence-electron chi connectivity index (χ0n) is 17.4. The quantitative estimate of drug-likeness (QED) is 0.442. The van der Waals surface area contributed by atoms with Crippen molar-refractivity contribution in [3.05, 3.63) is 48.3 Å². The van der Waals surface area contributed by atoms with Crippen LogP contribution in [0.1, 0.15) is 32.3 Å². The van der Waals surface area contributed by atoms with E-state index in [0.717, 1.165) is 49.6 Å². The van der Waals surface area contributed by atoms with E-state index >= 15 is 0 Å². The molecule has 1 aromatic carbocycles. The number of nitrogens with one attached hydrogen (secondary N) is 1. The van der Waals surface area contributed by atoms with Crippen molar-refractivity contribution in [2.75, 3.05) is 32.8 Å². The van der Waals surface area contributed by atoms with Crippen LogP contribution in [0.5, 0.6) is 0 Å². The standard InChI is InChI=1S/C22H31N5O2/c1-3-23-22(26-14-8-9-19(17-26)21(28)29-4-2)24-13-12-18-15-25-27(16-18)20-10-6-5-7-11-20/h5-7,10-11,15-16,19H,3-4,8-9,12-14,17H2,1-2H3,(H,23,24). The van der Waals surface area contributed by atoms with Crippen molar-refractivity contribution < 1.29 is 9.53 Å². The molecule has 7 heteroatoms. The number of aromatic nitrogens is 2. The van der Waals surface area contributed by atoms with Gasteiger partial charge in [0.2, 0.25) is 0 Å². The molecular formula is C22H31N5O2. The van der Waals surface area contributed by atoms with E-state index in [1.807, 2.05) is 48.1 Å². The normalized spacial score (nSPS) is 17.2. The second-order valence-electron chi connectivity index (χ2n) is 7.15. The predicted molar refractivity (Wildman–Crippen MR) is 114 cm³/mol. The Morgan fingerprint density at radius 2 is 2.14 bits per heavy atom. The van der Waals surface area contributed by atoms with Gasteiger partial charge in [-0.1, -0.05) is 18.2 Å². The summed E-state index contributed by atoms with van der Waals surface area (Å²) in [5.74, 6) is 0.704. The average Bonchev–Trinajstić information content (AvgIpc) is 3.23. The average molecular weight is 398 g/mol. The number of hydrogen-bond donors (Lipinski definition) is 1. The van der Waals surface area contributed by atoms with E-state index in [-0.39, 0.29) is 11.9 Å². The third kappa shape index (κ3) is 5.82. The summed E-state index contributed by atoms with van der Waals surface area (Å²) in [6.45, 7) is 7.38. The summed E-state index contributed by atoms with van der Waals surface area (Å²) in [7, 11) is 0. The summed E-state index contributed by atoms with van der Waals surface area (Å²) >= 11 is 0. The molecule has 2 aromatic rings. The van der Waals surface area contributed by atoms with Crippen LogP contribution in [0.25, 0.3) is 5.69 Å². The highest BCUT2D eigenvalue weighted by Crippen LogP contribution is 2.18. The van der Waals surface area contributed by atoms with Crippen LogP contribution < -0.4 is 5.32 Å². The molecule has 0 bridgehead atoms. The molecule has 1 unspecified atom stereocenters. The lowest BCUT2D eigenvalue weighted by Gasteiger charge is -2.34. The van der Waals surface area contributed by atoms with Gasteiger partial charge in [0.25, 0.3) is 0 Å². The molecular weight excluding hydrogens is 366 g/mol. The van der Waals surface area contributed by atoms with E-state index in [1.54, 1.807) is 0 Å². The van der Waals surface area contributed by atoms with Gasteiger partial charge in [0.1, 0.15) is 0 Å². The first-order valence-electron chi connectivity index (χ1n) is 10.5. The van der Waals surface area contributed by atoms with Gasteiger partial charge >= 0.3 is 5.97 Å². The second kappa shape index (κ2) is 10.6. The summed E-state index contributed by atoms with van der Waals surface area (Å²) in [4.78, 5) is 19.1. The summed E-state index contributed by atoms with van der Waals surface area (Å²) in [5.41, 5.74) is 2.20. The van der Waals surface area contributed by atoms with Gasteiger partial charge in [-0.3, -0.25) is 9.79 Å². The molecule has 1 fully saturated rings. The van der Waals surface area contributed by atoms with Gasteiger partial charge in [-0.25, -0.2) is 4.68 Å². The molecule has 3 rings (SSSR count). The van der Waals surface area contributed by atoms with Crippen molar-refractivity contribution in [2.24, 2.45) is 10.9 Å². The first-order chi connectivity index (χ1) is 14.2. The highest BCUT2D eigenvalue weighted by Gasteiger charge is 2.28. The minimum Gasteiger partial charge on any atom is -0.466 e. The van der Waals surface area contributed by atoms with Crippen LogP contribution >= 0.6 is 0 Å². The largest absolute Gasteiger partial charge is 0.466 e. The topological polar surface area (TPSA) is 71.8 Å². The number of ether oxygens (including phenoxy) is 1. The number of benzene rings is 1. The zero-order valence-corrected chi connectivity index (χ0v) is 17.4. The lowest BCUT2D eigenvalue weighted by molar-refractivity contribution is -0.149. The van der Waals surface area contributed by atoms with E-state index in [2.05, 4.69) is 28.4 Å². The van der Waals surface area contributed by atoms with Gasteiger partial charge in [-0.05, 0) is 50.8 Å². The number of hydrogen-bond acceptors (Lipinski definition) is 4. The second-order valence-corrected chi connectivity index (χ2v) is 7.15. The molecule has 0 spiro atoms. The Morgan fingerprint density at radius 1 is 1.31 bits per heavy atom. The van der Waals surface area contributed by atoms with Gasteiger partial charge < -0.3 is 15.0 Å². The van der Waals surface area contributed by atoms with Crippen LogP contribution in [-0.2, 0) is 16.0 Å². The monoisotopic (exact) mass is 397 g/mol. The molecule has 7 nitrogen and oxygen atoms in total. The van der Waals surface area contributed by atoms with Crippen LogP contribution in [-0.4, -0.2) is 59.4 Å². The molecule has 2 heterocycles. The van der Waals surface area contributed by atoms with Gasteiger partial charge in [0, 0.05) is 32.4 Å². The number of likely N-dealkylation sites (tertiary alicyclic amines) is 1. The Labute approximate surface area is 172 Å². The number of esters is 1. The maximum absolute atomic E-state index is 12.1. The van der Waals surface area contributed by atoms with E-state index < -0.39 is 0 Å². The van der Waals surface area contributed by atoms with E-state index in [0.29, 0.717) is 19.7 Å². The van der Waals surface area contributed by atoms with Crippen LogP contribution in [0.15, 0.2) is 47.7 Å². The number of carbonyl (C=O) groups is 1. The first kappa shape index (κ1) is 20.9. The number of para-hydroxylation sites is 1. The molecule has 1 atom stereocenters. The molecule has 0 saturated carbocycles. The number of piperidine rings is 1. The molecule has 1 saturated heterocycles. The Kier molecular flexibility index (Phi) is 7.67. The maximum atomic E-state index is 12.1. The smallest absolute Gasteiger partial charge is 0.310 e. The molecule has 1 aliphatic rings. The molecule has 1 aliphatic heterocycles. The Hall–Kier alpha value is -2.83. The van der Waals surface area contributed by atoms with Crippen LogP contribution in [0, 0.1) is 5.92 Å². The number of aliphatic imine (C=N–C) groups is 1. The predicted octanol–water partition coefficient (Wildman–Crippen LogP) is 2.66. The van der Waals surface area contributed by atoms with Crippen LogP contribution in [0.3, 0.4) is 0 Å². The van der Waals surface area contributed by atoms with Crippen molar-refractivity contribution in [3.63, 3.8) is 0 Å². The summed E-state index contributed by atoms with van der Waals surface area (Å²) in [6, 6.07) is 10.1. The fourth-order valence-corrected chi connectivity index (χ4v) is 3.55. The van der Waals surface area contributed by atoms with E-state index in [4.69, 9.17) is 9.73 Å². The Balaban J connectivity index is 1.59. The number of nitrogens with zero attached hydrogens (tertiary/aromatic N) is 4. The fourth-order valence-electron chi connectivity index (χ4n) is 3.55. The minimum absolute atomic E-state index is 0.0725. The molecule has 0 aliphatic carbocycles. The molecule has 29 heavy (non-hydrogen) atoms. The van der Waals surface area contributed by atoms with Crippen molar-refractivity contribution in [2.45, 2.75) is 33.1 Å². The zero-order chi connectivity index (χ0) is 20.5. The summed E-state index contributed by atoms with van der Waals surface area (Å²) in [6.07, 6.45) is 6.62. The molecule has 1 aromatic heterocycles.